The number of hydrogen-bond acceptors (Lipinski definition) is 3. The van der Waals surface area contributed by atoms with Crippen LogP contribution in [0.4, 0.5) is 0 Å². The van der Waals surface area contributed by atoms with Gasteiger partial charge in [0.15, 0.2) is 0 Å². The van der Waals surface area contributed by atoms with Crippen LogP contribution in [0.2, 0.25) is 0 Å². The number of carbonyl (C=O) groups is 2. The van der Waals surface area contributed by atoms with Crippen molar-refractivity contribution < 1.29 is 14.7 Å². The normalized spacial score (nSPS) is 25.1. The maximum Gasteiger partial charge on any atom is 0.223 e. The number of amides is 2. The van der Waals surface area contributed by atoms with Crippen LogP contribution < -0.4 is 5.32 Å². The predicted octanol–water partition coefficient (Wildman–Crippen LogP) is 1.74. The van der Waals surface area contributed by atoms with E-state index in [9.17, 15) is 14.7 Å². The Bertz CT molecular complexity index is 590. The van der Waals surface area contributed by atoms with Crippen LogP contribution in [0.25, 0.3) is 0 Å². The Morgan fingerprint density at radius 2 is 1.84 bits per heavy atom. The summed E-state index contributed by atoms with van der Waals surface area (Å²) < 4.78 is 0. The van der Waals surface area contributed by atoms with E-state index in [-0.39, 0.29) is 29.9 Å². The maximum atomic E-state index is 12.7. The number of nitrogens with zero attached hydrogens (tertiary/aromatic N) is 1. The number of aliphatic hydroxyl groups excluding tert-OH is 1. The number of rotatable bonds is 5. The third-order valence-electron chi connectivity index (χ3n) is 5.66. The van der Waals surface area contributed by atoms with E-state index in [4.69, 9.17) is 0 Å². The smallest absolute Gasteiger partial charge is 0.223 e. The highest BCUT2D eigenvalue weighted by atomic mass is 16.3. The Balaban J connectivity index is 1.58. The summed E-state index contributed by atoms with van der Waals surface area (Å²) in [5, 5.41) is 12.9. The molecule has 1 aromatic carbocycles. The molecule has 0 unspecified atom stereocenters. The average molecular weight is 344 g/mol. The Hall–Kier alpha value is -1.88. The molecular formula is C20H28N2O3. The van der Waals surface area contributed by atoms with Gasteiger partial charge in [-0.3, -0.25) is 9.59 Å². The van der Waals surface area contributed by atoms with E-state index in [0.29, 0.717) is 19.0 Å². The van der Waals surface area contributed by atoms with Gasteiger partial charge in [0.1, 0.15) is 0 Å². The van der Waals surface area contributed by atoms with Gasteiger partial charge >= 0.3 is 0 Å². The lowest BCUT2D eigenvalue weighted by Gasteiger charge is -2.39. The third-order valence-corrected chi connectivity index (χ3v) is 5.66. The quantitative estimate of drug-likeness (QED) is 0.855. The molecule has 3 rings (SSSR count). The van der Waals surface area contributed by atoms with Gasteiger partial charge in [0.2, 0.25) is 11.8 Å². The molecule has 0 radical (unpaired) electrons. The van der Waals surface area contributed by atoms with Crippen LogP contribution in [0.3, 0.4) is 0 Å². The highest BCUT2D eigenvalue weighted by molar-refractivity contribution is 5.80. The summed E-state index contributed by atoms with van der Waals surface area (Å²) in [6.07, 6.45) is 3.57. The summed E-state index contributed by atoms with van der Waals surface area (Å²) in [5.74, 6) is 0.519. The first kappa shape index (κ1) is 17.9. The number of likely N-dealkylation sites (tertiary alicyclic amines) is 1. The van der Waals surface area contributed by atoms with E-state index in [2.05, 4.69) is 17.4 Å². The molecule has 0 bridgehead atoms. The lowest BCUT2D eigenvalue weighted by molar-refractivity contribution is -0.134. The highest BCUT2D eigenvalue weighted by Gasteiger charge is 2.36. The van der Waals surface area contributed by atoms with Crippen LogP contribution in [-0.4, -0.2) is 47.1 Å². The molecular weight excluding hydrogens is 316 g/mol. The minimum Gasteiger partial charge on any atom is -0.393 e. The molecule has 25 heavy (non-hydrogen) atoms. The zero-order chi connectivity index (χ0) is 17.8. The molecule has 1 aliphatic carbocycles. The second kappa shape index (κ2) is 8.00. The van der Waals surface area contributed by atoms with Gasteiger partial charge in [-0.1, -0.05) is 30.3 Å². The first-order valence-corrected chi connectivity index (χ1v) is 9.31. The second-order valence-corrected chi connectivity index (χ2v) is 7.47. The number of piperidine rings is 1. The van der Waals surface area contributed by atoms with Gasteiger partial charge in [0.25, 0.3) is 0 Å². The fraction of sp³-hybridized carbons (Fsp3) is 0.600. The summed E-state index contributed by atoms with van der Waals surface area (Å²) >= 11 is 0. The molecule has 0 aromatic heterocycles. The van der Waals surface area contributed by atoms with Crippen molar-refractivity contribution in [3.8, 4) is 0 Å². The minimum absolute atomic E-state index is 0.0149. The first-order valence-electron chi connectivity index (χ1n) is 9.31. The van der Waals surface area contributed by atoms with Crippen LogP contribution in [0, 0.1) is 11.8 Å². The second-order valence-electron chi connectivity index (χ2n) is 7.47. The van der Waals surface area contributed by atoms with Gasteiger partial charge in [-0.15, -0.1) is 0 Å². The van der Waals surface area contributed by atoms with E-state index in [1.165, 1.54) is 5.56 Å². The van der Waals surface area contributed by atoms with Crippen molar-refractivity contribution in [2.75, 3.05) is 13.1 Å². The van der Waals surface area contributed by atoms with Crippen molar-refractivity contribution >= 4 is 11.8 Å². The van der Waals surface area contributed by atoms with Crippen molar-refractivity contribution in [2.24, 2.45) is 11.8 Å². The van der Waals surface area contributed by atoms with E-state index < -0.39 is 0 Å². The molecule has 1 saturated carbocycles. The van der Waals surface area contributed by atoms with Crippen molar-refractivity contribution in [3.63, 3.8) is 0 Å². The standard InChI is InChI=1S/C20H28N2O3/c1-14(23)22-9-7-16(8-10-22)20(25)21-19(17-12-18(24)13-17)11-15-5-3-2-4-6-15/h2-6,16-19,24H,7-13H2,1H3,(H,21,25)/t17?,18?,19-/m0/s1. The largest absolute Gasteiger partial charge is 0.393 e. The van der Waals surface area contributed by atoms with Crippen LogP contribution in [-0.2, 0) is 16.0 Å². The van der Waals surface area contributed by atoms with Gasteiger partial charge in [0, 0.05) is 32.0 Å². The molecule has 5 heteroatoms. The molecule has 136 valence electrons. The van der Waals surface area contributed by atoms with Crippen molar-refractivity contribution in [3.05, 3.63) is 35.9 Å². The predicted molar refractivity (Wildman–Crippen MR) is 95.8 cm³/mol. The third kappa shape index (κ3) is 4.60. The Morgan fingerprint density at radius 3 is 2.40 bits per heavy atom. The maximum absolute atomic E-state index is 12.7. The van der Waals surface area contributed by atoms with Crippen LogP contribution in [0.5, 0.6) is 0 Å². The molecule has 5 nitrogen and oxygen atoms in total. The zero-order valence-electron chi connectivity index (χ0n) is 14.9. The summed E-state index contributed by atoms with van der Waals surface area (Å²) in [7, 11) is 0. The van der Waals surface area contributed by atoms with E-state index in [0.717, 1.165) is 32.1 Å². The molecule has 1 aliphatic heterocycles. The molecule has 2 fully saturated rings. The fourth-order valence-corrected chi connectivity index (χ4v) is 3.92. The molecule has 1 saturated heterocycles. The number of nitrogens with one attached hydrogen (secondary N) is 1. The summed E-state index contributed by atoms with van der Waals surface area (Å²) in [6.45, 7) is 2.91. The zero-order valence-corrected chi connectivity index (χ0v) is 14.9. The van der Waals surface area contributed by atoms with Crippen molar-refractivity contribution in [1.29, 1.82) is 0 Å². The number of carbonyl (C=O) groups excluding carboxylic acids is 2. The van der Waals surface area contributed by atoms with Gasteiger partial charge in [-0.25, -0.2) is 0 Å². The highest BCUT2D eigenvalue weighted by Crippen LogP contribution is 2.32. The van der Waals surface area contributed by atoms with Crippen molar-refractivity contribution in [1.82, 2.24) is 10.2 Å². The van der Waals surface area contributed by atoms with Gasteiger partial charge in [-0.2, -0.15) is 0 Å². The molecule has 1 aromatic rings. The fourth-order valence-electron chi connectivity index (χ4n) is 3.92. The number of hydrogen-bond donors (Lipinski definition) is 2. The Labute approximate surface area is 149 Å². The number of aliphatic hydroxyl groups is 1. The molecule has 2 aliphatic rings. The first-order chi connectivity index (χ1) is 12.0. The Kier molecular flexibility index (Phi) is 5.74. The van der Waals surface area contributed by atoms with Gasteiger partial charge in [0.05, 0.1) is 6.10 Å². The number of benzene rings is 1. The molecule has 1 heterocycles. The summed E-state index contributed by atoms with van der Waals surface area (Å²) in [4.78, 5) is 26.0. The topological polar surface area (TPSA) is 69.6 Å². The monoisotopic (exact) mass is 344 g/mol. The van der Waals surface area contributed by atoms with Crippen molar-refractivity contribution in [2.45, 2.75) is 51.2 Å². The lowest BCUT2D eigenvalue weighted by Crippen LogP contribution is -2.51. The molecule has 2 N–H and O–H groups in total. The van der Waals surface area contributed by atoms with Crippen LogP contribution >= 0.6 is 0 Å². The summed E-state index contributed by atoms with van der Waals surface area (Å²) in [5.41, 5.74) is 1.21. The Morgan fingerprint density at radius 1 is 1.20 bits per heavy atom. The molecule has 2 amide bonds. The summed E-state index contributed by atoms with van der Waals surface area (Å²) in [6, 6.07) is 10.3. The van der Waals surface area contributed by atoms with E-state index >= 15 is 0 Å². The van der Waals surface area contributed by atoms with Gasteiger partial charge < -0.3 is 15.3 Å². The lowest BCUT2D eigenvalue weighted by atomic mass is 9.75. The minimum atomic E-state index is -0.223. The average Bonchev–Trinajstić information content (AvgIpc) is 2.59. The SMILES string of the molecule is CC(=O)N1CCC(C(=O)N[C@@H](Cc2ccccc2)C2CC(O)C2)CC1. The van der Waals surface area contributed by atoms with Crippen LogP contribution in [0.15, 0.2) is 30.3 Å². The molecule has 1 atom stereocenters. The molecule has 0 spiro atoms. The van der Waals surface area contributed by atoms with E-state index in [1.54, 1.807) is 6.92 Å². The van der Waals surface area contributed by atoms with Crippen LogP contribution in [0.1, 0.15) is 38.2 Å². The van der Waals surface area contributed by atoms with Gasteiger partial charge in [-0.05, 0) is 43.6 Å². The van der Waals surface area contributed by atoms with E-state index in [1.807, 2.05) is 23.1 Å².